The maximum Gasteiger partial charge on any atom is 0.231 e. The number of alkyl halides is 2. The smallest absolute Gasteiger partial charge is 0.231 e. The quantitative estimate of drug-likeness (QED) is 0.183. The second kappa shape index (κ2) is 10.1. The van der Waals surface area contributed by atoms with Crippen molar-refractivity contribution in [2.75, 3.05) is 11.6 Å². The molecule has 0 radical (unpaired) electrons. The average molecular weight is 557 g/mol. The van der Waals surface area contributed by atoms with Crippen molar-refractivity contribution in [1.29, 1.82) is 0 Å². The third-order valence-electron chi connectivity index (χ3n) is 5.63. The first-order chi connectivity index (χ1) is 16.1. The number of thioether (sulfide) groups is 1. The number of hydrogen-bond acceptors (Lipinski definition) is 3. The number of ketones is 1. The van der Waals surface area contributed by atoms with E-state index in [1.54, 1.807) is 48.5 Å². The Hall–Kier alpha value is -1.76. The SMILES string of the molecule is CSc1ccc(NC(=O)C2C(c3cc(Cl)cc(Cl)c3)C2(Cl)Cl)cc1C(=O)Cc1ccc(F)cc1. The fraction of sp³-hybridized carbons (Fsp3) is 0.200. The lowest BCUT2D eigenvalue weighted by molar-refractivity contribution is -0.117. The molecule has 1 aliphatic rings. The Morgan fingerprint density at radius 2 is 1.65 bits per heavy atom. The summed E-state index contributed by atoms with van der Waals surface area (Å²) in [7, 11) is 0. The molecule has 4 rings (SSSR count). The molecule has 3 nitrogen and oxygen atoms in total. The minimum Gasteiger partial charge on any atom is -0.326 e. The number of nitrogens with one attached hydrogen (secondary N) is 1. The summed E-state index contributed by atoms with van der Waals surface area (Å²) in [5, 5.41) is 3.67. The van der Waals surface area contributed by atoms with Crippen molar-refractivity contribution in [3.8, 4) is 0 Å². The number of halogens is 5. The molecule has 1 aliphatic carbocycles. The van der Waals surface area contributed by atoms with E-state index in [0.717, 1.165) is 4.90 Å². The number of amides is 1. The summed E-state index contributed by atoms with van der Waals surface area (Å²) in [5.74, 6) is -2.08. The highest BCUT2D eigenvalue weighted by molar-refractivity contribution is 7.98. The summed E-state index contributed by atoms with van der Waals surface area (Å²) < 4.78 is 11.9. The molecule has 9 heteroatoms. The van der Waals surface area contributed by atoms with Gasteiger partial charge < -0.3 is 5.32 Å². The lowest BCUT2D eigenvalue weighted by Gasteiger charge is -2.11. The summed E-state index contributed by atoms with van der Waals surface area (Å²) in [6.07, 6.45) is 1.97. The zero-order chi connectivity index (χ0) is 24.6. The Labute approximate surface area is 220 Å². The Morgan fingerprint density at radius 3 is 2.26 bits per heavy atom. The van der Waals surface area contributed by atoms with Crippen LogP contribution < -0.4 is 5.32 Å². The minimum atomic E-state index is -1.31. The molecule has 0 aliphatic heterocycles. The van der Waals surface area contributed by atoms with Crippen LogP contribution in [0.1, 0.15) is 27.4 Å². The van der Waals surface area contributed by atoms with E-state index in [-0.39, 0.29) is 23.9 Å². The van der Waals surface area contributed by atoms with E-state index < -0.39 is 16.2 Å². The van der Waals surface area contributed by atoms with Crippen LogP contribution in [0.15, 0.2) is 65.6 Å². The second-order valence-electron chi connectivity index (χ2n) is 7.96. The first kappa shape index (κ1) is 25.3. The summed E-state index contributed by atoms with van der Waals surface area (Å²) in [4.78, 5) is 26.8. The number of rotatable bonds is 7. The van der Waals surface area contributed by atoms with Gasteiger partial charge in [-0.3, -0.25) is 9.59 Å². The number of carbonyl (C=O) groups is 2. The van der Waals surface area contributed by atoms with E-state index in [4.69, 9.17) is 46.4 Å². The van der Waals surface area contributed by atoms with Crippen LogP contribution in [0.2, 0.25) is 10.0 Å². The fourth-order valence-corrected chi connectivity index (χ4v) is 5.90. The van der Waals surface area contributed by atoms with Crippen LogP contribution in [0.5, 0.6) is 0 Å². The van der Waals surface area contributed by atoms with E-state index in [9.17, 15) is 14.0 Å². The summed E-state index contributed by atoms with van der Waals surface area (Å²) in [6.45, 7) is 0. The van der Waals surface area contributed by atoms with Gasteiger partial charge in [-0.15, -0.1) is 35.0 Å². The van der Waals surface area contributed by atoms with Gasteiger partial charge in [0.15, 0.2) is 5.78 Å². The normalized spacial score (nSPS) is 18.4. The van der Waals surface area contributed by atoms with Gasteiger partial charge in [-0.25, -0.2) is 4.39 Å². The van der Waals surface area contributed by atoms with Gasteiger partial charge >= 0.3 is 0 Å². The molecule has 2 atom stereocenters. The Bertz CT molecular complexity index is 1250. The van der Waals surface area contributed by atoms with Crippen molar-refractivity contribution >= 4 is 75.5 Å². The molecule has 2 unspecified atom stereocenters. The van der Waals surface area contributed by atoms with Gasteiger partial charge in [0.25, 0.3) is 0 Å². The monoisotopic (exact) mass is 555 g/mol. The second-order valence-corrected chi connectivity index (χ2v) is 11.1. The molecular formula is C25H18Cl4FNO2S. The molecule has 0 bridgehead atoms. The molecule has 1 fully saturated rings. The molecule has 0 spiro atoms. The Morgan fingerprint density at radius 1 is 1.00 bits per heavy atom. The molecule has 3 aromatic carbocycles. The van der Waals surface area contributed by atoms with Crippen LogP contribution >= 0.6 is 58.2 Å². The third kappa shape index (κ3) is 5.39. The van der Waals surface area contributed by atoms with Gasteiger partial charge in [-0.05, 0) is 65.9 Å². The Balaban J connectivity index is 1.53. The van der Waals surface area contributed by atoms with Gasteiger partial charge in [0.1, 0.15) is 10.2 Å². The maximum atomic E-state index is 13.2. The molecule has 0 heterocycles. The first-order valence-corrected chi connectivity index (χ1v) is 12.9. The Kier molecular flexibility index (Phi) is 7.51. The minimum absolute atomic E-state index is 0.109. The fourth-order valence-electron chi connectivity index (χ4n) is 3.93. The van der Waals surface area contributed by atoms with Crippen LogP contribution in [0, 0.1) is 11.7 Å². The summed E-state index contributed by atoms with van der Waals surface area (Å²) in [5.41, 5.74) is 2.29. The zero-order valence-electron chi connectivity index (χ0n) is 17.7. The first-order valence-electron chi connectivity index (χ1n) is 10.2. The predicted octanol–water partition coefficient (Wildman–Crippen LogP) is 7.81. The molecule has 34 heavy (non-hydrogen) atoms. The van der Waals surface area contributed by atoms with E-state index in [0.29, 0.717) is 32.4 Å². The van der Waals surface area contributed by atoms with E-state index in [1.165, 1.54) is 23.9 Å². The molecule has 176 valence electrons. The van der Waals surface area contributed by atoms with Crippen molar-refractivity contribution in [3.05, 3.63) is 93.2 Å². The van der Waals surface area contributed by atoms with E-state index >= 15 is 0 Å². The lowest BCUT2D eigenvalue weighted by Crippen LogP contribution is -2.17. The number of carbonyl (C=O) groups excluding carboxylic acids is 2. The third-order valence-corrected chi connectivity index (χ3v) is 7.80. The predicted molar refractivity (Wildman–Crippen MR) is 138 cm³/mol. The lowest BCUT2D eigenvalue weighted by atomic mass is 10.0. The van der Waals surface area contributed by atoms with Crippen LogP contribution in [0.4, 0.5) is 10.1 Å². The highest BCUT2D eigenvalue weighted by Gasteiger charge is 2.67. The van der Waals surface area contributed by atoms with Crippen molar-refractivity contribution in [2.45, 2.75) is 21.6 Å². The number of Topliss-reactive ketones (excluding diaryl/α,β-unsaturated/α-hetero) is 1. The standard InChI is InChI=1S/C25H18Cl4FNO2S/c1-34-21-7-6-18(12-19(21)20(32)8-13-2-4-17(30)5-3-13)31-24(33)23-22(25(23,28)29)14-9-15(26)11-16(27)10-14/h2-7,9-12,22-23H,8H2,1H3,(H,31,33). The van der Waals surface area contributed by atoms with Gasteiger partial charge in [-0.1, -0.05) is 35.3 Å². The average Bonchev–Trinajstić information content (AvgIpc) is 3.36. The van der Waals surface area contributed by atoms with E-state index in [2.05, 4.69) is 5.32 Å². The van der Waals surface area contributed by atoms with Gasteiger partial charge in [0, 0.05) is 38.5 Å². The number of benzene rings is 3. The van der Waals surface area contributed by atoms with Crippen LogP contribution in [-0.2, 0) is 11.2 Å². The van der Waals surface area contributed by atoms with Gasteiger partial charge in [0.2, 0.25) is 5.91 Å². The molecule has 0 saturated heterocycles. The molecule has 1 amide bonds. The summed E-state index contributed by atoms with van der Waals surface area (Å²) in [6, 6.07) is 15.9. The largest absolute Gasteiger partial charge is 0.326 e. The molecular weight excluding hydrogens is 539 g/mol. The van der Waals surface area contributed by atoms with Crippen LogP contribution in [0.25, 0.3) is 0 Å². The van der Waals surface area contributed by atoms with Crippen molar-refractivity contribution < 1.29 is 14.0 Å². The maximum absolute atomic E-state index is 13.2. The highest BCUT2D eigenvalue weighted by atomic mass is 35.5. The van der Waals surface area contributed by atoms with Gasteiger partial charge in [-0.2, -0.15) is 0 Å². The van der Waals surface area contributed by atoms with Crippen molar-refractivity contribution in [2.24, 2.45) is 5.92 Å². The zero-order valence-corrected chi connectivity index (χ0v) is 21.6. The molecule has 1 N–H and O–H groups in total. The summed E-state index contributed by atoms with van der Waals surface area (Å²) >= 11 is 26.5. The van der Waals surface area contributed by atoms with E-state index in [1.807, 2.05) is 6.26 Å². The van der Waals surface area contributed by atoms with Crippen LogP contribution in [0.3, 0.4) is 0 Å². The van der Waals surface area contributed by atoms with Crippen molar-refractivity contribution in [3.63, 3.8) is 0 Å². The highest BCUT2D eigenvalue weighted by Crippen LogP contribution is 2.65. The number of hydrogen-bond donors (Lipinski definition) is 1. The topological polar surface area (TPSA) is 46.2 Å². The number of anilines is 1. The van der Waals surface area contributed by atoms with Crippen molar-refractivity contribution in [1.82, 2.24) is 0 Å². The van der Waals surface area contributed by atoms with Gasteiger partial charge in [0.05, 0.1) is 5.92 Å². The molecule has 1 saturated carbocycles. The molecule has 0 aromatic heterocycles. The van der Waals surface area contributed by atoms with Crippen LogP contribution in [-0.4, -0.2) is 22.3 Å². The molecule has 3 aromatic rings.